The molecule has 1 saturated carbocycles. The highest BCUT2D eigenvalue weighted by atomic mass is 16.7. The van der Waals surface area contributed by atoms with Crippen LogP contribution in [-0.4, -0.2) is 16.7 Å². The molecular weight excluding hydrogens is 318 g/mol. The van der Waals surface area contributed by atoms with E-state index in [4.69, 9.17) is 14.9 Å². The molecule has 3 aliphatic heterocycles. The van der Waals surface area contributed by atoms with Gasteiger partial charge in [0.05, 0.1) is 24.1 Å². The summed E-state index contributed by atoms with van der Waals surface area (Å²) in [5.41, 5.74) is -2.95. The average molecular weight is 333 g/mol. The summed E-state index contributed by atoms with van der Waals surface area (Å²) in [6.45, 7) is 0. The standard InChI is InChI=1S/C18H15N5O2/c19-9-16(10-20)13-5-1-2-6-18(13)24-14(12-4-3-7-23-8-12)17(16,11-21)15(22)25-18/h3-4,7-8,13-14,22H,1-2,5-6H2/t13-,14-,17+,18+/m0/s1. The molecule has 4 aliphatic rings. The molecule has 7 nitrogen and oxygen atoms in total. The average Bonchev–Trinajstić information content (AvgIpc) is 2.66. The molecule has 5 rings (SSSR count). The van der Waals surface area contributed by atoms with Crippen molar-refractivity contribution < 1.29 is 9.47 Å². The molecule has 1 aromatic heterocycles. The normalized spacial score (nSPS) is 37.7. The van der Waals surface area contributed by atoms with Crippen LogP contribution >= 0.6 is 0 Å². The lowest BCUT2D eigenvalue weighted by molar-refractivity contribution is -0.360. The first-order valence-corrected chi connectivity index (χ1v) is 8.20. The monoisotopic (exact) mass is 333 g/mol. The summed E-state index contributed by atoms with van der Waals surface area (Å²) in [7, 11) is 0. The van der Waals surface area contributed by atoms with Crippen molar-refractivity contribution in [3.63, 3.8) is 0 Å². The molecule has 0 aromatic carbocycles. The second-order valence-corrected chi connectivity index (χ2v) is 6.78. The molecule has 1 spiro atoms. The molecule has 0 amide bonds. The molecule has 0 unspecified atom stereocenters. The Kier molecular flexibility index (Phi) is 3.13. The molecule has 0 radical (unpaired) electrons. The van der Waals surface area contributed by atoms with Crippen LogP contribution < -0.4 is 0 Å². The molecule has 25 heavy (non-hydrogen) atoms. The van der Waals surface area contributed by atoms with Gasteiger partial charge in [-0.25, -0.2) is 0 Å². The van der Waals surface area contributed by atoms with Crippen LogP contribution in [0.25, 0.3) is 0 Å². The van der Waals surface area contributed by atoms with E-state index in [1.165, 1.54) is 0 Å². The van der Waals surface area contributed by atoms with Gasteiger partial charge in [0.15, 0.2) is 10.8 Å². The third kappa shape index (κ3) is 1.60. The van der Waals surface area contributed by atoms with E-state index in [0.717, 1.165) is 12.8 Å². The zero-order valence-electron chi connectivity index (χ0n) is 13.4. The van der Waals surface area contributed by atoms with E-state index in [9.17, 15) is 15.8 Å². The minimum atomic E-state index is -1.82. The Morgan fingerprint density at radius 3 is 2.64 bits per heavy atom. The van der Waals surface area contributed by atoms with Crippen molar-refractivity contribution in [2.45, 2.75) is 37.6 Å². The van der Waals surface area contributed by atoms with Gasteiger partial charge in [0.1, 0.15) is 6.10 Å². The van der Waals surface area contributed by atoms with Gasteiger partial charge in [-0.2, -0.15) is 15.8 Å². The molecule has 124 valence electrons. The Balaban J connectivity index is 2.02. The van der Waals surface area contributed by atoms with Crippen LogP contribution in [0.4, 0.5) is 0 Å². The van der Waals surface area contributed by atoms with Gasteiger partial charge < -0.3 is 9.47 Å². The summed E-state index contributed by atoms with van der Waals surface area (Å²) >= 11 is 0. The van der Waals surface area contributed by atoms with E-state index in [2.05, 4.69) is 23.2 Å². The number of rotatable bonds is 1. The number of hydrogen-bond donors (Lipinski definition) is 1. The molecule has 4 heterocycles. The maximum absolute atomic E-state index is 10.1. The van der Waals surface area contributed by atoms with Gasteiger partial charge in [0, 0.05) is 24.4 Å². The first-order valence-electron chi connectivity index (χ1n) is 8.20. The lowest BCUT2D eigenvalue weighted by Gasteiger charge is -2.63. The van der Waals surface area contributed by atoms with E-state index in [1.54, 1.807) is 24.5 Å². The Morgan fingerprint density at radius 2 is 2.00 bits per heavy atom. The van der Waals surface area contributed by atoms with E-state index in [0.29, 0.717) is 18.4 Å². The topological polar surface area (TPSA) is 127 Å². The van der Waals surface area contributed by atoms with E-state index in [-0.39, 0.29) is 5.90 Å². The summed E-state index contributed by atoms with van der Waals surface area (Å²) in [5, 5.41) is 38.6. The summed E-state index contributed by atoms with van der Waals surface area (Å²) < 4.78 is 12.1. The SMILES string of the molecule is N#CC1(C#N)[C@@H]2CCCC[C@@]23OC(=N)[C@@]1(C#N)[C@H](c1cccnc1)O3. The van der Waals surface area contributed by atoms with Crippen molar-refractivity contribution >= 4 is 5.90 Å². The second kappa shape index (κ2) is 5.02. The lowest BCUT2D eigenvalue weighted by atomic mass is 9.48. The number of fused-ring (bicyclic) bond motifs is 2. The Morgan fingerprint density at radius 1 is 1.20 bits per heavy atom. The summed E-state index contributed by atoms with van der Waals surface area (Å²) in [6.07, 6.45) is 4.88. The minimum absolute atomic E-state index is 0.351. The summed E-state index contributed by atoms with van der Waals surface area (Å²) in [5.74, 6) is -2.12. The highest BCUT2D eigenvalue weighted by molar-refractivity contribution is 5.89. The fraction of sp³-hybridized carbons (Fsp3) is 0.500. The third-order valence-electron chi connectivity index (χ3n) is 5.80. The van der Waals surface area contributed by atoms with Gasteiger partial charge in [-0.1, -0.05) is 12.5 Å². The molecule has 3 saturated heterocycles. The molecule has 1 aromatic rings. The van der Waals surface area contributed by atoms with Gasteiger partial charge in [0.2, 0.25) is 11.7 Å². The number of hydrogen-bond acceptors (Lipinski definition) is 7. The second-order valence-electron chi connectivity index (χ2n) is 6.78. The van der Waals surface area contributed by atoms with Crippen LogP contribution in [0.2, 0.25) is 0 Å². The summed E-state index contributed by atoms with van der Waals surface area (Å²) in [6, 6.07) is 9.73. The maximum atomic E-state index is 10.1. The van der Waals surface area contributed by atoms with Crippen LogP contribution in [0.5, 0.6) is 0 Å². The zero-order chi connectivity index (χ0) is 17.7. The van der Waals surface area contributed by atoms with Crippen LogP contribution in [0.1, 0.15) is 37.4 Å². The lowest BCUT2D eigenvalue weighted by Crippen LogP contribution is -2.73. The van der Waals surface area contributed by atoms with Crippen LogP contribution in [-0.2, 0) is 9.47 Å². The number of ether oxygens (including phenoxy) is 2. The number of nitrogens with zero attached hydrogens (tertiary/aromatic N) is 4. The molecule has 4 atom stereocenters. The zero-order valence-corrected chi connectivity index (χ0v) is 13.4. The van der Waals surface area contributed by atoms with Crippen molar-refractivity contribution in [2.75, 3.05) is 0 Å². The molecule has 1 N–H and O–H groups in total. The van der Waals surface area contributed by atoms with Crippen molar-refractivity contribution in [1.29, 1.82) is 21.2 Å². The van der Waals surface area contributed by atoms with Crippen LogP contribution in [0.15, 0.2) is 24.5 Å². The molecular formula is C18H15N5O2. The van der Waals surface area contributed by atoms with Crippen LogP contribution in [0.3, 0.4) is 0 Å². The van der Waals surface area contributed by atoms with Crippen molar-refractivity contribution in [3.05, 3.63) is 30.1 Å². The van der Waals surface area contributed by atoms with Gasteiger partial charge in [-0.05, 0) is 18.9 Å². The fourth-order valence-corrected chi connectivity index (χ4v) is 4.67. The van der Waals surface area contributed by atoms with Gasteiger partial charge in [0.25, 0.3) is 0 Å². The van der Waals surface area contributed by atoms with E-state index in [1.807, 2.05) is 0 Å². The van der Waals surface area contributed by atoms with Crippen LogP contribution in [0, 0.1) is 56.2 Å². The van der Waals surface area contributed by atoms with Gasteiger partial charge in [-0.15, -0.1) is 0 Å². The van der Waals surface area contributed by atoms with Crippen molar-refractivity contribution in [3.8, 4) is 18.2 Å². The summed E-state index contributed by atoms with van der Waals surface area (Å²) in [4.78, 5) is 4.07. The predicted molar refractivity (Wildman–Crippen MR) is 83.3 cm³/mol. The largest absolute Gasteiger partial charge is 0.447 e. The highest BCUT2D eigenvalue weighted by Gasteiger charge is 2.80. The maximum Gasteiger partial charge on any atom is 0.218 e. The van der Waals surface area contributed by atoms with E-state index < -0.39 is 28.6 Å². The minimum Gasteiger partial charge on any atom is -0.447 e. The first kappa shape index (κ1) is 15.6. The predicted octanol–water partition coefficient (Wildman–Crippen LogP) is 2.59. The Labute approximate surface area is 144 Å². The molecule has 4 fully saturated rings. The molecule has 7 heteroatoms. The Hall–Kier alpha value is -2.95. The molecule has 2 bridgehead atoms. The smallest absolute Gasteiger partial charge is 0.218 e. The van der Waals surface area contributed by atoms with E-state index >= 15 is 0 Å². The van der Waals surface area contributed by atoms with Crippen molar-refractivity contribution in [1.82, 2.24) is 4.98 Å². The fourth-order valence-electron chi connectivity index (χ4n) is 4.67. The van der Waals surface area contributed by atoms with Gasteiger partial charge >= 0.3 is 0 Å². The Bertz CT molecular complexity index is 850. The molecule has 1 aliphatic carbocycles. The quantitative estimate of drug-likeness (QED) is 0.841. The number of nitriles is 3. The highest BCUT2D eigenvalue weighted by Crippen LogP contribution is 2.69. The number of aromatic nitrogens is 1. The van der Waals surface area contributed by atoms with Gasteiger partial charge in [-0.3, -0.25) is 10.4 Å². The third-order valence-corrected chi connectivity index (χ3v) is 5.80. The number of pyridine rings is 1. The first-order chi connectivity index (χ1) is 12.1. The number of nitrogens with one attached hydrogen (secondary N) is 1. The van der Waals surface area contributed by atoms with Crippen molar-refractivity contribution in [2.24, 2.45) is 16.7 Å².